The van der Waals surface area contributed by atoms with Gasteiger partial charge >= 0.3 is 0 Å². The molecule has 0 aliphatic carbocycles. The highest BCUT2D eigenvalue weighted by molar-refractivity contribution is 7.89. The standard InChI is InChI=1S/C14H10N2O5S/c15-22(20,21)8-5-6-12(17)11(7-8)16-13(18)9-3-1-2-4-10(9)14(16)19/h1-7,17H,(H2,15,20,21). The van der Waals surface area contributed by atoms with Crippen LogP contribution in [0.2, 0.25) is 0 Å². The number of benzene rings is 2. The highest BCUT2D eigenvalue weighted by Gasteiger charge is 2.37. The zero-order valence-corrected chi connectivity index (χ0v) is 11.9. The van der Waals surface area contributed by atoms with Crippen LogP contribution in [0, 0.1) is 0 Å². The van der Waals surface area contributed by atoms with Gasteiger partial charge < -0.3 is 5.11 Å². The van der Waals surface area contributed by atoms with Gasteiger partial charge in [0, 0.05) is 0 Å². The maximum absolute atomic E-state index is 12.3. The van der Waals surface area contributed by atoms with Crippen molar-refractivity contribution >= 4 is 27.5 Å². The van der Waals surface area contributed by atoms with Crippen LogP contribution in [-0.2, 0) is 10.0 Å². The summed E-state index contributed by atoms with van der Waals surface area (Å²) in [5, 5.41) is 14.9. The molecular weight excluding hydrogens is 308 g/mol. The Hall–Kier alpha value is -2.71. The van der Waals surface area contributed by atoms with Crippen LogP contribution < -0.4 is 10.0 Å². The lowest BCUT2D eigenvalue weighted by molar-refractivity contribution is 0.0925. The van der Waals surface area contributed by atoms with E-state index in [1.165, 1.54) is 12.1 Å². The van der Waals surface area contributed by atoms with Crippen molar-refractivity contribution < 1.29 is 23.1 Å². The average Bonchev–Trinajstić information content (AvgIpc) is 2.71. The molecule has 112 valence electrons. The predicted octanol–water partition coefficient (Wildman–Crippen LogP) is 0.840. The summed E-state index contributed by atoms with van der Waals surface area (Å²) in [5.41, 5.74) is 0.151. The van der Waals surface area contributed by atoms with Crippen molar-refractivity contribution in [3.8, 4) is 5.75 Å². The number of sulfonamides is 1. The molecule has 0 spiro atoms. The first-order valence-electron chi connectivity index (χ1n) is 6.14. The van der Waals surface area contributed by atoms with Gasteiger partial charge in [-0.05, 0) is 30.3 Å². The normalized spacial score (nSPS) is 14.3. The van der Waals surface area contributed by atoms with Crippen molar-refractivity contribution in [1.29, 1.82) is 0 Å². The molecule has 1 aliphatic rings. The molecule has 1 heterocycles. The number of aromatic hydroxyl groups is 1. The van der Waals surface area contributed by atoms with Gasteiger partial charge in [0.05, 0.1) is 21.7 Å². The fourth-order valence-electron chi connectivity index (χ4n) is 2.27. The molecule has 8 heteroatoms. The minimum absolute atomic E-state index is 0.188. The number of hydrogen-bond donors (Lipinski definition) is 2. The fraction of sp³-hybridized carbons (Fsp3) is 0. The van der Waals surface area contributed by atoms with Crippen molar-refractivity contribution in [3.63, 3.8) is 0 Å². The number of carbonyl (C=O) groups excluding carboxylic acids is 2. The molecule has 2 amide bonds. The van der Waals surface area contributed by atoms with Gasteiger partial charge in [0.2, 0.25) is 10.0 Å². The van der Waals surface area contributed by atoms with Gasteiger partial charge in [-0.2, -0.15) is 0 Å². The van der Waals surface area contributed by atoms with E-state index < -0.39 is 27.6 Å². The molecule has 0 radical (unpaired) electrons. The van der Waals surface area contributed by atoms with E-state index >= 15 is 0 Å². The topological polar surface area (TPSA) is 118 Å². The molecule has 2 aromatic carbocycles. The van der Waals surface area contributed by atoms with Crippen LogP contribution in [0.5, 0.6) is 5.75 Å². The van der Waals surface area contributed by atoms with Crippen molar-refractivity contribution in [2.75, 3.05) is 4.90 Å². The lowest BCUT2D eigenvalue weighted by Gasteiger charge is -2.16. The number of phenols is 1. The zero-order valence-electron chi connectivity index (χ0n) is 11.1. The maximum Gasteiger partial charge on any atom is 0.266 e. The summed E-state index contributed by atoms with van der Waals surface area (Å²) in [7, 11) is -4.03. The highest BCUT2D eigenvalue weighted by atomic mass is 32.2. The quantitative estimate of drug-likeness (QED) is 0.796. The lowest BCUT2D eigenvalue weighted by Crippen LogP contribution is -2.29. The van der Waals surface area contributed by atoms with Gasteiger partial charge in [-0.3, -0.25) is 9.59 Å². The molecule has 0 aromatic heterocycles. The van der Waals surface area contributed by atoms with Crippen LogP contribution >= 0.6 is 0 Å². The molecule has 0 atom stereocenters. The number of carbonyl (C=O) groups is 2. The number of primary sulfonamides is 1. The Labute approximate surface area is 125 Å². The average molecular weight is 318 g/mol. The van der Waals surface area contributed by atoms with Crippen LogP contribution in [0.15, 0.2) is 47.4 Å². The summed E-state index contributed by atoms with van der Waals surface area (Å²) < 4.78 is 22.8. The zero-order chi connectivity index (χ0) is 16.1. The van der Waals surface area contributed by atoms with E-state index in [0.717, 1.165) is 23.1 Å². The van der Waals surface area contributed by atoms with E-state index in [-0.39, 0.29) is 21.7 Å². The molecule has 7 nitrogen and oxygen atoms in total. The smallest absolute Gasteiger partial charge is 0.266 e. The molecule has 0 bridgehead atoms. The number of fused-ring (bicyclic) bond motifs is 1. The van der Waals surface area contributed by atoms with Gasteiger partial charge in [-0.1, -0.05) is 12.1 Å². The SMILES string of the molecule is NS(=O)(=O)c1ccc(O)c(N2C(=O)c3ccccc3C2=O)c1. The van der Waals surface area contributed by atoms with Crippen molar-refractivity contribution in [2.24, 2.45) is 5.14 Å². The monoisotopic (exact) mass is 318 g/mol. The minimum atomic E-state index is -4.03. The molecule has 22 heavy (non-hydrogen) atoms. The van der Waals surface area contributed by atoms with E-state index in [0.29, 0.717) is 0 Å². The molecule has 3 N–H and O–H groups in total. The Morgan fingerprint density at radius 3 is 2.00 bits per heavy atom. The first kappa shape index (κ1) is 14.2. The molecular formula is C14H10N2O5S. The number of amides is 2. The molecule has 0 fully saturated rings. The Morgan fingerprint density at radius 2 is 1.50 bits per heavy atom. The first-order valence-corrected chi connectivity index (χ1v) is 7.69. The van der Waals surface area contributed by atoms with Crippen LogP contribution in [0.25, 0.3) is 0 Å². The largest absolute Gasteiger partial charge is 0.506 e. The van der Waals surface area contributed by atoms with E-state index in [1.54, 1.807) is 12.1 Å². The predicted molar refractivity (Wildman–Crippen MR) is 77.1 cm³/mol. The summed E-state index contributed by atoms with van der Waals surface area (Å²) in [5.74, 6) is -1.67. The summed E-state index contributed by atoms with van der Waals surface area (Å²) >= 11 is 0. The van der Waals surface area contributed by atoms with Gasteiger partial charge in [-0.15, -0.1) is 0 Å². The second kappa shape index (κ2) is 4.65. The summed E-state index contributed by atoms with van der Waals surface area (Å²) in [6.45, 7) is 0. The fourth-order valence-corrected chi connectivity index (χ4v) is 2.80. The van der Waals surface area contributed by atoms with Crippen molar-refractivity contribution in [2.45, 2.75) is 4.90 Å². The van der Waals surface area contributed by atoms with Gasteiger partial charge in [0.15, 0.2) is 0 Å². The Bertz CT molecular complexity index is 886. The third kappa shape index (κ3) is 2.05. The maximum atomic E-state index is 12.3. The van der Waals surface area contributed by atoms with Gasteiger partial charge in [-0.25, -0.2) is 18.5 Å². The summed E-state index contributed by atoms with van der Waals surface area (Å²) in [4.78, 5) is 25.1. The first-order chi connectivity index (χ1) is 10.3. The molecule has 2 aromatic rings. The molecule has 0 saturated carbocycles. The van der Waals surface area contributed by atoms with E-state index in [9.17, 15) is 23.1 Å². The van der Waals surface area contributed by atoms with Crippen LogP contribution in [0.4, 0.5) is 5.69 Å². The summed E-state index contributed by atoms with van der Waals surface area (Å²) in [6, 6.07) is 9.33. The number of hydrogen-bond acceptors (Lipinski definition) is 5. The Balaban J connectivity index is 2.18. The lowest BCUT2D eigenvalue weighted by atomic mass is 10.1. The van der Waals surface area contributed by atoms with E-state index in [2.05, 4.69) is 0 Å². The number of nitrogens with two attached hydrogens (primary N) is 1. The van der Waals surface area contributed by atoms with Crippen molar-refractivity contribution in [3.05, 3.63) is 53.6 Å². The Kier molecular flexibility index (Phi) is 3.01. The minimum Gasteiger partial charge on any atom is -0.506 e. The third-order valence-electron chi connectivity index (χ3n) is 3.31. The number of rotatable bonds is 2. The highest BCUT2D eigenvalue weighted by Crippen LogP contribution is 2.35. The van der Waals surface area contributed by atoms with Crippen LogP contribution in [0.3, 0.4) is 0 Å². The molecule has 0 saturated heterocycles. The number of imide groups is 1. The number of nitrogens with zero attached hydrogens (tertiary/aromatic N) is 1. The molecule has 3 rings (SSSR count). The molecule has 0 unspecified atom stereocenters. The van der Waals surface area contributed by atoms with Crippen LogP contribution in [0.1, 0.15) is 20.7 Å². The van der Waals surface area contributed by atoms with E-state index in [1.807, 2.05) is 0 Å². The number of anilines is 1. The van der Waals surface area contributed by atoms with Gasteiger partial charge in [0.25, 0.3) is 11.8 Å². The third-order valence-corrected chi connectivity index (χ3v) is 4.22. The second-order valence-corrected chi connectivity index (χ2v) is 6.25. The van der Waals surface area contributed by atoms with Crippen LogP contribution in [-0.4, -0.2) is 25.3 Å². The van der Waals surface area contributed by atoms with Gasteiger partial charge in [0.1, 0.15) is 5.75 Å². The molecule has 1 aliphatic heterocycles. The van der Waals surface area contributed by atoms with Crippen molar-refractivity contribution in [1.82, 2.24) is 0 Å². The van der Waals surface area contributed by atoms with E-state index in [4.69, 9.17) is 5.14 Å². The summed E-state index contributed by atoms with van der Waals surface area (Å²) in [6.07, 6.45) is 0. The second-order valence-electron chi connectivity index (χ2n) is 4.69. The Morgan fingerprint density at radius 1 is 0.955 bits per heavy atom. The number of phenolic OH excluding ortho intramolecular Hbond substituents is 1.